The molecule has 0 aromatic carbocycles. The van der Waals surface area contributed by atoms with Crippen LogP contribution in [0.25, 0.3) is 0 Å². The average molecular weight is 437 g/mol. The SMILES string of the molecule is CCCC1(C(O)C/C=C/[C@@H]2[C@@H](C/C=C\CCCC(=O)O)[C@@H](OC(C)=O)C[C@H]2O)CCC1. The highest BCUT2D eigenvalue weighted by Gasteiger charge is 2.43. The molecule has 0 aromatic rings. The molecule has 3 N–H and O–H groups in total. The quantitative estimate of drug-likeness (QED) is 0.225. The predicted octanol–water partition coefficient (Wildman–Crippen LogP) is 4.39. The number of rotatable bonds is 13. The molecule has 0 aliphatic heterocycles. The summed E-state index contributed by atoms with van der Waals surface area (Å²) in [7, 11) is 0. The summed E-state index contributed by atoms with van der Waals surface area (Å²) < 4.78 is 5.48. The van der Waals surface area contributed by atoms with Crippen LogP contribution in [0.15, 0.2) is 24.3 Å². The predicted molar refractivity (Wildman–Crippen MR) is 119 cm³/mol. The average Bonchev–Trinajstić information content (AvgIpc) is 2.94. The van der Waals surface area contributed by atoms with E-state index in [-0.39, 0.29) is 41.8 Å². The van der Waals surface area contributed by atoms with Crippen molar-refractivity contribution in [1.82, 2.24) is 0 Å². The molecular weight excluding hydrogens is 396 g/mol. The van der Waals surface area contributed by atoms with Gasteiger partial charge in [-0.15, -0.1) is 0 Å². The standard InChI is InChI=1S/C25H40O6/c1-3-14-25(15-9-16-25)23(28)12-8-11-19-20(10-6-4-5-7-13-24(29)30)22(17-21(19)27)31-18(2)26/h4,6,8,11,19-23,27-28H,3,5,7,9-10,12-17H2,1-2H3,(H,29,30)/b6-4-,11-8+/t19-,20-,21-,22+,23?/m1/s1. The van der Waals surface area contributed by atoms with Crippen molar-refractivity contribution in [3.63, 3.8) is 0 Å². The molecule has 0 spiro atoms. The number of aliphatic hydroxyl groups is 2. The normalized spacial score (nSPS) is 28.6. The number of hydrogen-bond acceptors (Lipinski definition) is 5. The van der Waals surface area contributed by atoms with Crippen LogP contribution in [0.4, 0.5) is 0 Å². The molecule has 0 saturated heterocycles. The molecule has 2 rings (SSSR count). The Balaban J connectivity index is 1.96. The van der Waals surface area contributed by atoms with E-state index in [0.717, 1.165) is 25.7 Å². The summed E-state index contributed by atoms with van der Waals surface area (Å²) >= 11 is 0. The van der Waals surface area contributed by atoms with Crippen LogP contribution >= 0.6 is 0 Å². The lowest BCUT2D eigenvalue weighted by molar-refractivity contribution is -0.148. The third kappa shape index (κ3) is 7.46. The summed E-state index contributed by atoms with van der Waals surface area (Å²) in [4.78, 5) is 22.1. The van der Waals surface area contributed by atoms with Crippen LogP contribution in [0.3, 0.4) is 0 Å². The maximum Gasteiger partial charge on any atom is 0.303 e. The van der Waals surface area contributed by atoms with Crippen molar-refractivity contribution < 1.29 is 29.6 Å². The fraction of sp³-hybridized carbons (Fsp3) is 0.760. The van der Waals surface area contributed by atoms with E-state index >= 15 is 0 Å². The Morgan fingerprint density at radius 2 is 1.97 bits per heavy atom. The van der Waals surface area contributed by atoms with Crippen molar-refractivity contribution in [2.75, 3.05) is 0 Å². The molecular formula is C25H40O6. The first-order valence-corrected chi connectivity index (χ1v) is 11.9. The third-order valence-electron chi connectivity index (χ3n) is 7.07. The number of aliphatic carboxylic acids is 1. The highest BCUT2D eigenvalue weighted by atomic mass is 16.5. The zero-order chi connectivity index (χ0) is 22.9. The second-order valence-electron chi connectivity index (χ2n) is 9.33. The van der Waals surface area contributed by atoms with Gasteiger partial charge in [-0.25, -0.2) is 0 Å². The monoisotopic (exact) mass is 436 g/mol. The lowest BCUT2D eigenvalue weighted by atomic mass is 9.62. The fourth-order valence-electron chi connectivity index (χ4n) is 5.27. The van der Waals surface area contributed by atoms with Crippen LogP contribution < -0.4 is 0 Å². The Labute approximate surface area is 186 Å². The second-order valence-corrected chi connectivity index (χ2v) is 9.33. The number of unbranched alkanes of at least 4 members (excludes halogenated alkanes) is 1. The number of carbonyl (C=O) groups excluding carboxylic acids is 1. The molecule has 6 nitrogen and oxygen atoms in total. The van der Waals surface area contributed by atoms with Gasteiger partial charge in [0.15, 0.2) is 0 Å². The van der Waals surface area contributed by atoms with E-state index in [1.807, 2.05) is 24.3 Å². The van der Waals surface area contributed by atoms with E-state index in [1.165, 1.54) is 13.3 Å². The largest absolute Gasteiger partial charge is 0.481 e. The number of carboxylic acids is 1. The van der Waals surface area contributed by atoms with E-state index in [4.69, 9.17) is 9.84 Å². The first-order chi connectivity index (χ1) is 14.8. The van der Waals surface area contributed by atoms with Gasteiger partial charge >= 0.3 is 11.9 Å². The van der Waals surface area contributed by atoms with Gasteiger partial charge in [0, 0.05) is 31.6 Å². The smallest absolute Gasteiger partial charge is 0.303 e. The van der Waals surface area contributed by atoms with Crippen LogP contribution in [0.5, 0.6) is 0 Å². The van der Waals surface area contributed by atoms with Gasteiger partial charge in [-0.3, -0.25) is 9.59 Å². The van der Waals surface area contributed by atoms with Crippen molar-refractivity contribution in [3.8, 4) is 0 Å². The Morgan fingerprint density at radius 3 is 2.55 bits per heavy atom. The lowest BCUT2D eigenvalue weighted by Gasteiger charge is -2.45. The zero-order valence-corrected chi connectivity index (χ0v) is 19.0. The highest BCUT2D eigenvalue weighted by Crippen LogP contribution is 2.48. The maximum absolute atomic E-state index is 11.5. The van der Waals surface area contributed by atoms with Gasteiger partial charge in [0.25, 0.3) is 0 Å². The van der Waals surface area contributed by atoms with Crippen LogP contribution in [0, 0.1) is 17.3 Å². The second kappa shape index (κ2) is 12.4. The minimum atomic E-state index is -0.794. The molecule has 2 aliphatic carbocycles. The third-order valence-corrected chi connectivity index (χ3v) is 7.07. The van der Waals surface area contributed by atoms with Crippen molar-refractivity contribution in [3.05, 3.63) is 24.3 Å². The molecule has 0 radical (unpaired) electrons. The molecule has 2 fully saturated rings. The number of esters is 1. The van der Waals surface area contributed by atoms with Gasteiger partial charge in [0.2, 0.25) is 0 Å². The maximum atomic E-state index is 11.5. The molecule has 31 heavy (non-hydrogen) atoms. The molecule has 1 unspecified atom stereocenters. The van der Waals surface area contributed by atoms with Crippen molar-refractivity contribution in [2.45, 2.75) is 103 Å². The first kappa shape index (κ1) is 25.6. The topological polar surface area (TPSA) is 104 Å². The van der Waals surface area contributed by atoms with E-state index in [9.17, 15) is 19.8 Å². The van der Waals surface area contributed by atoms with E-state index in [0.29, 0.717) is 32.1 Å². The van der Waals surface area contributed by atoms with E-state index in [1.54, 1.807) is 0 Å². The molecule has 5 atom stereocenters. The Morgan fingerprint density at radius 1 is 1.23 bits per heavy atom. The number of aliphatic hydroxyl groups excluding tert-OH is 2. The Hall–Kier alpha value is -1.66. The summed E-state index contributed by atoms with van der Waals surface area (Å²) in [6, 6.07) is 0. The van der Waals surface area contributed by atoms with Gasteiger partial charge in [0.1, 0.15) is 6.10 Å². The van der Waals surface area contributed by atoms with Crippen LogP contribution in [0.2, 0.25) is 0 Å². The van der Waals surface area contributed by atoms with E-state index < -0.39 is 12.1 Å². The molecule has 6 heteroatoms. The summed E-state index contributed by atoms with van der Waals surface area (Å²) in [6.07, 6.45) is 15.2. The number of carbonyl (C=O) groups is 2. The molecule has 0 bridgehead atoms. The Bertz CT molecular complexity index is 636. The zero-order valence-electron chi connectivity index (χ0n) is 19.0. The van der Waals surface area contributed by atoms with Crippen molar-refractivity contribution >= 4 is 11.9 Å². The lowest BCUT2D eigenvalue weighted by Crippen LogP contribution is -2.41. The number of hydrogen-bond donors (Lipinski definition) is 3. The van der Waals surface area contributed by atoms with Crippen LogP contribution in [-0.2, 0) is 14.3 Å². The minimum Gasteiger partial charge on any atom is -0.481 e. The van der Waals surface area contributed by atoms with Gasteiger partial charge in [0.05, 0.1) is 12.2 Å². The van der Waals surface area contributed by atoms with Gasteiger partial charge in [-0.2, -0.15) is 0 Å². The van der Waals surface area contributed by atoms with Crippen LogP contribution in [-0.4, -0.2) is 45.6 Å². The van der Waals surface area contributed by atoms with Gasteiger partial charge in [-0.1, -0.05) is 44.1 Å². The first-order valence-electron chi connectivity index (χ1n) is 11.9. The van der Waals surface area contributed by atoms with Crippen molar-refractivity contribution in [2.24, 2.45) is 17.3 Å². The summed E-state index contributed by atoms with van der Waals surface area (Å²) in [6.45, 7) is 3.54. The highest BCUT2D eigenvalue weighted by molar-refractivity contribution is 5.66. The van der Waals surface area contributed by atoms with Crippen molar-refractivity contribution in [1.29, 1.82) is 0 Å². The Kier molecular flexibility index (Phi) is 10.2. The van der Waals surface area contributed by atoms with Gasteiger partial charge in [-0.05, 0) is 50.4 Å². The van der Waals surface area contributed by atoms with Crippen LogP contribution in [0.1, 0.15) is 84.5 Å². The molecule has 176 valence electrons. The number of carboxylic acid groups (broad SMARTS) is 1. The molecule has 0 aromatic heterocycles. The molecule has 2 aliphatic rings. The van der Waals surface area contributed by atoms with E-state index in [2.05, 4.69) is 6.92 Å². The fourth-order valence-corrected chi connectivity index (χ4v) is 5.27. The van der Waals surface area contributed by atoms with Gasteiger partial charge < -0.3 is 20.1 Å². The number of allylic oxidation sites excluding steroid dienone is 2. The summed E-state index contributed by atoms with van der Waals surface area (Å²) in [5.41, 5.74) is 0.0613. The summed E-state index contributed by atoms with van der Waals surface area (Å²) in [5, 5.41) is 30.1. The molecule has 0 heterocycles. The molecule has 2 saturated carbocycles. The minimum absolute atomic E-state index is 0.0312. The number of ether oxygens (including phenoxy) is 1. The molecule has 0 amide bonds. The summed E-state index contributed by atoms with van der Waals surface area (Å²) in [5.74, 6) is -1.31.